The van der Waals surface area contributed by atoms with Crippen LogP contribution in [0.1, 0.15) is 30.4 Å². The van der Waals surface area contributed by atoms with Gasteiger partial charge in [-0.25, -0.2) is 0 Å². The van der Waals surface area contributed by atoms with Crippen LogP contribution in [0.25, 0.3) is 0 Å². The second kappa shape index (κ2) is 8.69. The molecule has 1 atom stereocenters. The highest BCUT2D eigenvalue weighted by molar-refractivity contribution is 7.56. The van der Waals surface area contributed by atoms with Crippen molar-refractivity contribution in [1.29, 1.82) is 0 Å². The van der Waals surface area contributed by atoms with E-state index in [-0.39, 0.29) is 6.79 Å². The number of para-hydroxylation sites is 1. The number of hydrogen-bond donors (Lipinski definition) is 0. The van der Waals surface area contributed by atoms with E-state index < -0.39 is 0 Å². The van der Waals surface area contributed by atoms with Crippen molar-refractivity contribution in [3.8, 4) is 5.75 Å². The zero-order valence-corrected chi connectivity index (χ0v) is 16.5. The molecule has 0 radical (unpaired) electrons. The molecule has 4 heteroatoms. The van der Waals surface area contributed by atoms with Gasteiger partial charge in [0.15, 0.2) is 6.79 Å². The number of aryl methyl sites for hydroxylation is 2. The number of rotatable bonds is 6. The van der Waals surface area contributed by atoms with Crippen LogP contribution in [0.2, 0.25) is 0 Å². The van der Waals surface area contributed by atoms with Gasteiger partial charge in [0.2, 0.25) is 0 Å². The molecule has 0 bridgehead atoms. The lowest BCUT2D eigenvalue weighted by molar-refractivity contribution is 0.0514. The molecule has 2 aromatic rings. The SMILES string of the molecule is COCOc1c(C)cccc1Pc1ccc(C)cc1N1CCCCC1. The third-order valence-corrected chi connectivity index (χ3v) is 6.01. The smallest absolute Gasteiger partial charge is 0.188 e. The largest absolute Gasteiger partial charge is 0.467 e. The van der Waals surface area contributed by atoms with Crippen molar-refractivity contribution in [2.24, 2.45) is 0 Å². The summed E-state index contributed by atoms with van der Waals surface area (Å²) in [5, 5.41) is 2.65. The summed E-state index contributed by atoms with van der Waals surface area (Å²) < 4.78 is 11.0. The topological polar surface area (TPSA) is 21.7 Å². The zero-order valence-electron chi connectivity index (χ0n) is 15.5. The van der Waals surface area contributed by atoms with Gasteiger partial charge in [0.1, 0.15) is 5.75 Å². The third kappa shape index (κ3) is 4.54. The Morgan fingerprint density at radius 2 is 1.80 bits per heavy atom. The first-order valence-electron chi connectivity index (χ1n) is 9.03. The Balaban J connectivity index is 1.91. The minimum Gasteiger partial charge on any atom is -0.467 e. The van der Waals surface area contributed by atoms with Crippen molar-refractivity contribution in [3.63, 3.8) is 0 Å². The first kappa shape index (κ1) is 18.2. The number of anilines is 1. The Morgan fingerprint density at radius 1 is 1.00 bits per heavy atom. The number of piperidine rings is 1. The monoisotopic (exact) mass is 357 g/mol. The van der Waals surface area contributed by atoms with Crippen LogP contribution in [-0.4, -0.2) is 27.0 Å². The molecule has 134 valence electrons. The fourth-order valence-electron chi connectivity index (χ4n) is 3.35. The van der Waals surface area contributed by atoms with Crippen molar-refractivity contribution in [2.75, 3.05) is 31.9 Å². The van der Waals surface area contributed by atoms with Crippen LogP contribution in [0, 0.1) is 13.8 Å². The fourth-order valence-corrected chi connectivity index (χ4v) is 4.73. The van der Waals surface area contributed by atoms with Crippen LogP contribution in [0.15, 0.2) is 36.4 Å². The van der Waals surface area contributed by atoms with Gasteiger partial charge in [-0.15, -0.1) is 0 Å². The average molecular weight is 357 g/mol. The van der Waals surface area contributed by atoms with Gasteiger partial charge in [-0.3, -0.25) is 0 Å². The van der Waals surface area contributed by atoms with E-state index in [1.54, 1.807) is 7.11 Å². The number of nitrogens with zero attached hydrogens (tertiary/aromatic N) is 1. The van der Waals surface area contributed by atoms with E-state index in [0.29, 0.717) is 8.58 Å². The predicted molar refractivity (Wildman–Crippen MR) is 109 cm³/mol. The van der Waals surface area contributed by atoms with E-state index in [4.69, 9.17) is 9.47 Å². The summed E-state index contributed by atoms with van der Waals surface area (Å²) in [7, 11) is 2.24. The maximum absolute atomic E-state index is 5.87. The summed E-state index contributed by atoms with van der Waals surface area (Å²) >= 11 is 0. The first-order chi connectivity index (χ1) is 12.2. The maximum Gasteiger partial charge on any atom is 0.188 e. The lowest BCUT2D eigenvalue weighted by Gasteiger charge is -2.31. The molecule has 0 spiro atoms. The summed E-state index contributed by atoms with van der Waals surface area (Å²) in [5.41, 5.74) is 3.89. The summed E-state index contributed by atoms with van der Waals surface area (Å²) in [5.74, 6) is 0.966. The van der Waals surface area contributed by atoms with E-state index >= 15 is 0 Å². The Bertz CT molecular complexity index is 711. The minimum atomic E-state index is 0.287. The molecule has 3 rings (SSSR count). The second-order valence-electron chi connectivity index (χ2n) is 6.70. The minimum absolute atomic E-state index is 0.287. The van der Waals surface area contributed by atoms with Gasteiger partial charge >= 0.3 is 0 Å². The molecule has 0 aromatic heterocycles. The normalized spacial score (nSPS) is 15.1. The summed E-state index contributed by atoms with van der Waals surface area (Å²) in [6, 6.07) is 13.3. The van der Waals surface area contributed by atoms with Gasteiger partial charge in [0, 0.05) is 36.5 Å². The standard InChI is InChI=1S/C21H28NO2P/c1-16-10-11-19(18(14-16)22-12-5-4-6-13-22)25-20-9-7-8-17(2)21(20)24-15-23-3/h7-11,14,25H,4-6,12-13,15H2,1-3H3. The molecular formula is C21H28NO2P. The van der Waals surface area contributed by atoms with E-state index in [0.717, 1.165) is 11.3 Å². The summed E-state index contributed by atoms with van der Waals surface area (Å²) in [4.78, 5) is 2.56. The van der Waals surface area contributed by atoms with Gasteiger partial charge in [-0.1, -0.05) is 38.9 Å². The van der Waals surface area contributed by atoms with E-state index in [1.807, 2.05) is 0 Å². The van der Waals surface area contributed by atoms with Crippen LogP contribution >= 0.6 is 8.58 Å². The van der Waals surface area contributed by atoms with E-state index in [1.165, 1.54) is 54.2 Å². The molecule has 1 heterocycles. The molecule has 3 nitrogen and oxygen atoms in total. The number of benzene rings is 2. The molecule has 0 aliphatic carbocycles. The number of ether oxygens (including phenoxy) is 2. The Labute approximate surface area is 153 Å². The molecule has 1 aliphatic rings. The Kier molecular flexibility index (Phi) is 6.34. The van der Waals surface area contributed by atoms with Crippen LogP contribution in [-0.2, 0) is 4.74 Å². The van der Waals surface area contributed by atoms with Crippen molar-refractivity contribution >= 4 is 24.9 Å². The van der Waals surface area contributed by atoms with Gasteiger partial charge in [-0.05, 0) is 50.3 Å². The second-order valence-corrected chi connectivity index (χ2v) is 8.02. The fraction of sp³-hybridized carbons (Fsp3) is 0.429. The lowest BCUT2D eigenvalue weighted by atomic mass is 10.1. The molecule has 0 amide bonds. The molecular weight excluding hydrogens is 329 g/mol. The first-order valence-corrected chi connectivity index (χ1v) is 10.0. The van der Waals surface area contributed by atoms with Crippen LogP contribution in [0.5, 0.6) is 5.75 Å². The molecule has 1 aliphatic heterocycles. The molecule has 1 unspecified atom stereocenters. The van der Waals surface area contributed by atoms with Crippen LogP contribution in [0.4, 0.5) is 5.69 Å². The molecule has 2 aromatic carbocycles. The maximum atomic E-state index is 5.87. The number of hydrogen-bond acceptors (Lipinski definition) is 3. The molecule has 0 N–H and O–H groups in total. The van der Waals surface area contributed by atoms with Crippen molar-refractivity contribution < 1.29 is 9.47 Å². The average Bonchev–Trinajstić information content (AvgIpc) is 2.63. The van der Waals surface area contributed by atoms with E-state index in [9.17, 15) is 0 Å². The highest BCUT2D eigenvalue weighted by Gasteiger charge is 2.16. The third-order valence-electron chi connectivity index (χ3n) is 4.65. The quantitative estimate of drug-likeness (QED) is 0.578. The Morgan fingerprint density at radius 3 is 2.56 bits per heavy atom. The molecule has 1 saturated heterocycles. The Hall–Kier alpha value is -1.57. The van der Waals surface area contributed by atoms with Crippen molar-refractivity contribution in [3.05, 3.63) is 47.5 Å². The molecule has 1 fully saturated rings. The van der Waals surface area contributed by atoms with Gasteiger partial charge in [0.25, 0.3) is 0 Å². The van der Waals surface area contributed by atoms with Crippen LogP contribution < -0.4 is 20.2 Å². The van der Waals surface area contributed by atoms with E-state index in [2.05, 4.69) is 55.1 Å². The summed E-state index contributed by atoms with van der Waals surface area (Å²) in [6.45, 7) is 6.90. The highest BCUT2D eigenvalue weighted by Crippen LogP contribution is 2.29. The number of methoxy groups -OCH3 is 1. The zero-order chi connectivity index (χ0) is 17.6. The van der Waals surface area contributed by atoms with Crippen molar-refractivity contribution in [2.45, 2.75) is 33.1 Å². The highest BCUT2D eigenvalue weighted by atomic mass is 31.1. The summed E-state index contributed by atoms with van der Waals surface area (Å²) in [6.07, 6.45) is 3.94. The molecule has 25 heavy (non-hydrogen) atoms. The van der Waals surface area contributed by atoms with Gasteiger partial charge in [-0.2, -0.15) is 0 Å². The predicted octanol–water partition coefficient (Wildman–Crippen LogP) is 3.91. The van der Waals surface area contributed by atoms with Crippen molar-refractivity contribution in [1.82, 2.24) is 0 Å². The van der Waals surface area contributed by atoms with Gasteiger partial charge < -0.3 is 14.4 Å². The van der Waals surface area contributed by atoms with Crippen LogP contribution in [0.3, 0.4) is 0 Å². The molecule has 0 saturated carbocycles. The van der Waals surface area contributed by atoms with Gasteiger partial charge in [0.05, 0.1) is 0 Å². The lowest BCUT2D eigenvalue weighted by Crippen LogP contribution is -2.32.